The van der Waals surface area contributed by atoms with Gasteiger partial charge in [-0.2, -0.15) is 0 Å². The quantitative estimate of drug-likeness (QED) is 0.391. The van der Waals surface area contributed by atoms with Gasteiger partial charge in [0.25, 0.3) is 0 Å². The number of ether oxygens (including phenoxy) is 2. The number of hydrogen-bond donors (Lipinski definition) is 1. The Labute approximate surface area is 168 Å². The minimum atomic E-state index is 0.580. The molecule has 0 spiro atoms. The Morgan fingerprint density at radius 1 is 0.750 bits per heavy atom. The maximum atomic E-state index is 5.96. The zero-order valence-corrected chi connectivity index (χ0v) is 16.6. The van der Waals surface area contributed by atoms with Crippen LogP contribution in [0.3, 0.4) is 0 Å². The highest BCUT2D eigenvalue weighted by Crippen LogP contribution is 2.22. The number of nitrogens with one attached hydrogen (secondary N) is 1. The highest BCUT2D eigenvalue weighted by atomic mass is 16.5. The van der Waals surface area contributed by atoms with Gasteiger partial charge in [0.2, 0.25) is 0 Å². The average Bonchev–Trinajstić information content (AvgIpc) is 2.76. The molecule has 0 saturated carbocycles. The molecule has 0 fully saturated rings. The van der Waals surface area contributed by atoms with E-state index < -0.39 is 0 Å². The van der Waals surface area contributed by atoms with Crippen LogP contribution in [-0.4, -0.2) is 6.61 Å². The second-order valence-corrected chi connectivity index (χ2v) is 6.82. The predicted molar refractivity (Wildman–Crippen MR) is 116 cm³/mol. The molecule has 0 unspecified atom stereocenters. The Morgan fingerprint density at radius 3 is 2.29 bits per heavy atom. The molecule has 3 rings (SSSR count). The van der Waals surface area contributed by atoms with Gasteiger partial charge in [-0.15, -0.1) is 0 Å². The van der Waals surface area contributed by atoms with Crippen LogP contribution in [0.25, 0.3) is 0 Å². The number of para-hydroxylation sites is 1. The van der Waals surface area contributed by atoms with Crippen LogP contribution in [0.5, 0.6) is 11.5 Å². The summed E-state index contributed by atoms with van der Waals surface area (Å²) < 4.78 is 11.8. The van der Waals surface area contributed by atoms with Crippen molar-refractivity contribution in [2.24, 2.45) is 0 Å². The van der Waals surface area contributed by atoms with Gasteiger partial charge < -0.3 is 14.8 Å². The Morgan fingerprint density at radius 2 is 1.50 bits per heavy atom. The summed E-state index contributed by atoms with van der Waals surface area (Å²) in [5.41, 5.74) is 3.40. The zero-order valence-electron chi connectivity index (χ0n) is 16.6. The van der Waals surface area contributed by atoms with Gasteiger partial charge in [-0.25, -0.2) is 0 Å². The van der Waals surface area contributed by atoms with Crippen molar-refractivity contribution in [3.05, 3.63) is 90.0 Å². The molecule has 28 heavy (non-hydrogen) atoms. The van der Waals surface area contributed by atoms with Crippen LogP contribution in [0.15, 0.2) is 78.9 Å². The highest BCUT2D eigenvalue weighted by Gasteiger charge is 2.03. The fourth-order valence-corrected chi connectivity index (χ4v) is 2.93. The van der Waals surface area contributed by atoms with Gasteiger partial charge in [0.15, 0.2) is 0 Å². The lowest BCUT2D eigenvalue weighted by molar-refractivity contribution is 0.303. The van der Waals surface area contributed by atoms with E-state index in [4.69, 9.17) is 9.47 Å². The first-order chi connectivity index (χ1) is 13.8. The van der Waals surface area contributed by atoms with Gasteiger partial charge in [-0.1, -0.05) is 68.3 Å². The van der Waals surface area contributed by atoms with Crippen LogP contribution in [-0.2, 0) is 13.2 Å². The van der Waals surface area contributed by atoms with E-state index in [1.807, 2.05) is 54.6 Å². The summed E-state index contributed by atoms with van der Waals surface area (Å²) in [5.74, 6) is 1.84. The van der Waals surface area contributed by atoms with Crippen molar-refractivity contribution in [2.75, 3.05) is 11.9 Å². The smallest absolute Gasteiger partial charge is 0.124 e. The second kappa shape index (κ2) is 11.0. The van der Waals surface area contributed by atoms with E-state index in [1.54, 1.807) is 0 Å². The van der Waals surface area contributed by atoms with E-state index in [0.717, 1.165) is 36.8 Å². The average molecular weight is 376 g/mol. The molecule has 0 radical (unpaired) electrons. The lowest BCUT2D eigenvalue weighted by Crippen LogP contribution is -2.04. The van der Waals surface area contributed by atoms with Crippen LogP contribution in [0.4, 0.5) is 5.69 Å². The van der Waals surface area contributed by atoms with E-state index in [9.17, 15) is 0 Å². The van der Waals surface area contributed by atoms with Crippen LogP contribution in [0.2, 0.25) is 0 Å². The molecule has 146 valence electrons. The van der Waals surface area contributed by atoms with E-state index >= 15 is 0 Å². The predicted octanol–water partition coefficient (Wildman–Crippen LogP) is 6.45. The van der Waals surface area contributed by atoms with Gasteiger partial charge in [-0.3, -0.25) is 0 Å². The number of benzene rings is 3. The molecule has 3 nitrogen and oxygen atoms in total. The maximum absolute atomic E-state index is 5.96. The molecule has 0 atom stereocenters. The molecule has 0 bridgehead atoms. The van der Waals surface area contributed by atoms with Crippen molar-refractivity contribution in [1.29, 1.82) is 0 Å². The van der Waals surface area contributed by atoms with E-state index in [2.05, 4.69) is 36.5 Å². The fourth-order valence-electron chi connectivity index (χ4n) is 2.93. The zero-order chi connectivity index (χ0) is 19.4. The molecular formula is C25H29NO2. The molecule has 1 N–H and O–H groups in total. The van der Waals surface area contributed by atoms with E-state index in [-0.39, 0.29) is 0 Å². The Bertz CT molecular complexity index is 815. The molecule has 0 amide bonds. The van der Waals surface area contributed by atoms with Crippen LogP contribution < -0.4 is 14.8 Å². The molecule has 0 aliphatic carbocycles. The van der Waals surface area contributed by atoms with Crippen molar-refractivity contribution < 1.29 is 9.47 Å². The first-order valence-corrected chi connectivity index (χ1v) is 10.1. The standard InChI is InChI=1S/C25H29NO2/c1-2-3-9-18-27-25-13-8-7-12-22(25)19-26-23-14-16-24(17-15-23)28-20-21-10-5-4-6-11-21/h4-8,10-17,26H,2-3,9,18-20H2,1H3. The molecule has 0 aliphatic rings. The van der Waals surface area contributed by atoms with Crippen molar-refractivity contribution in [2.45, 2.75) is 39.3 Å². The van der Waals surface area contributed by atoms with Gasteiger partial charge >= 0.3 is 0 Å². The molecule has 0 aliphatic heterocycles. The number of anilines is 1. The molecule has 0 saturated heterocycles. The molecule has 0 heterocycles. The summed E-state index contributed by atoms with van der Waals surface area (Å²) in [6, 6.07) is 26.5. The minimum absolute atomic E-state index is 0.580. The van der Waals surface area contributed by atoms with Crippen molar-refractivity contribution in [3.8, 4) is 11.5 Å². The normalized spacial score (nSPS) is 10.5. The Kier molecular flexibility index (Phi) is 7.80. The van der Waals surface area contributed by atoms with Gasteiger partial charge in [0.05, 0.1) is 6.61 Å². The summed E-state index contributed by atoms with van der Waals surface area (Å²) >= 11 is 0. The Hall–Kier alpha value is -2.94. The van der Waals surface area contributed by atoms with Crippen molar-refractivity contribution in [1.82, 2.24) is 0 Å². The van der Waals surface area contributed by atoms with Crippen molar-refractivity contribution >= 4 is 5.69 Å². The molecule has 3 heteroatoms. The Balaban J connectivity index is 1.49. The first-order valence-electron chi connectivity index (χ1n) is 10.1. The molecule has 0 aromatic heterocycles. The lowest BCUT2D eigenvalue weighted by atomic mass is 10.2. The summed E-state index contributed by atoms with van der Waals surface area (Å²) in [4.78, 5) is 0. The number of unbranched alkanes of at least 4 members (excludes halogenated alkanes) is 2. The van der Waals surface area contributed by atoms with Crippen LogP contribution in [0, 0.1) is 0 Å². The van der Waals surface area contributed by atoms with Gasteiger partial charge in [0.1, 0.15) is 18.1 Å². The minimum Gasteiger partial charge on any atom is -0.493 e. The van der Waals surface area contributed by atoms with Crippen LogP contribution >= 0.6 is 0 Å². The number of rotatable bonds is 11. The third-order valence-corrected chi connectivity index (χ3v) is 4.56. The second-order valence-electron chi connectivity index (χ2n) is 6.82. The SMILES string of the molecule is CCCCCOc1ccccc1CNc1ccc(OCc2ccccc2)cc1. The number of hydrogen-bond acceptors (Lipinski definition) is 3. The molecule has 3 aromatic carbocycles. The summed E-state index contributed by atoms with van der Waals surface area (Å²) in [5, 5.41) is 3.47. The van der Waals surface area contributed by atoms with Gasteiger partial charge in [0, 0.05) is 17.8 Å². The largest absolute Gasteiger partial charge is 0.493 e. The van der Waals surface area contributed by atoms with Gasteiger partial charge in [-0.05, 0) is 42.3 Å². The first kappa shape index (κ1) is 19.8. The third-order valence-electron chi connectivity index (χ3n) is 4.56. The lowest BCUT2D eigenvalue weighted by Gasteiger charge is -2.13. The van der Waals surface area contributed by atoms with E-state index in [0.29, 0.717) is 6.61 Å². The molecular weight excluding hydrogens is 346 g/mol. The summed E-state index contributed by atoms with van der Waals surface area (Å²) in [7, 11) is 0. The van der Waals surface area contributed by atoms with E-state index in [1.165, 1.54) is 24.0 Å². The third kappa shape index (κ3) is 6.34. The summed E-state index contributed by atoms with van der Waals surface area (Å²) in [6.07, 6.45) is 3.51. The van der Waals surface area contributed by atoms with Crippen LogP contribution in [0.1, 0.15) is 37.3 Å². The van der Waals surface area contributed by atoms with Crippen molar-refractivity contribution in [3.63, 3.8) is 0 Å². The monoisotopic (exact) mass is 375 g/mol. The maximum Gasteiger partial charge on any atom is 0.124 e. The fraction of sp³-hybridized carbons (Fsp3) is 0.280. The topological polar surface area (TPSA) is 30.5 Å². The summed E-state index contributed by atoms with van der Waals surface area (Å²) in [6.45, 7) is 4.29. The highest BCUT2D eigenvalue weighted by molar-refractivity contribution is 5.48. The molecule has 3 aromatic rings.